The quantitative estimate of drug-likeness (QED) is 0.758. The molecule has 0 aliphatic carbocycles. The number of fused-ring (bicyclic) bond motifs is 1. The Morgan fingerprint density at radius 2 is 1.93 bits per heavy atom. The number of carbonyl (C=O) groups is 2. The van der Waals surface area contributed by atoms with E-state index in [4.69, 9.17) is 9.15 Å². The smallest absolute Gasteiger partial charge is 0.410 e. The lowest BCUT2D eigenvalue weighted by atomic mass is 10.2. The second kappa shape index (κ2) is 7.53. The molecule has 28 heavy (non-hydrogen) atoms. The molecule has 8 heteroatoms. The lowest BCUT2D eigenvalue weighted by molar-refractivity contribution is 0.0112. The van der Waals surface area contributed by atoms with Crippen LogP contribution in [0.5, 0.6) is 0 Å². The number of urea groups is 1. The van der Waals surface area contributed by atoms with Crippen LogP contribution in [0.2, 0.25) is 0 Å². The topological polar surface area (TPSA) is 92.1 Å². The lowest BCUT2D eigenvalue weighted by Crippen LogP contribution is -2.57. The third kappa shape index (κ3) is 4.62. The zero-order valence-electron chi connectivity index (χ0n) is 16.5. The van der Waals surface area contributed by atoms with E-state index in [1.54, 1.807) is 34.1 Å². The average molecular weight is 387 g/mol. The van der Waals surface area contributed by atoms with Crippen LogP contribution in [0.3, 0.4) is 0 Å². The summed E-state index contributed by atoms with van der Waals surface area (Å²) in [6, 6.07) is 7.68. The van der Waals surface area contributed by atoms with Crippen LogP contribution in [0.15, 0.2) is 39.5 Å². The fourth-order valence-electron chi connectivity index (χ4n) is 3.10. The Bertz CT molecular complexity index is 947. The summed E-state index contributed by atoms with van der Waals surface area (Å²) in [5.41, 5.74) is 0.100. The number of hydrogen-bond acceptors (Lipinski definition) is 5. The standard InChI is InChI=1S/C20H25N3O5/c1-13-12-22(19(26)28-20(2,3)4)9-10-23(13)18(25)21-15-6-7-16-14(11-15)5-8-17(24)27-16/h5-8,11,13H,9-10,12H2,1-4H3,(H,21,25)/t13-/m0/s1. The predicted molar refractivity (Wildman–Crippen MR) is 105 cm³/mol. The summed E-state index contributed by atoms with van der Waals surface area (Å²) in [7, 11) is 0. The molecule has 0 spiro atoms. The van der Waals surface area contributed by atoms with E-state index < -0.39 is 11.2 Å². The average Bonchev–Trinajstić information content (AvgIpc) is 2.60. The molecule has 1 fully saturated rings. The first kappa shape index (κ1) is 19.7. The van der Waals surface area contributed by atoms with E-state index in [2.05, 4.69) is 5.32 Å². The molecule has 0 radical (unpaired) electrons. The van der Waals surface area contributed by atoms with Gasteiger partial charge >= 0.3 is 17.7 Å². The van der Waals surface area contributed by atoms with Crippen LogP contribution < -0.4 is 10.9 Å². The van der Waals surface area contributed by atoms with Gasteiger partial charge in [0.05, 0.1) is 0 Å². The van der Waals surface area contributed by atoms with Gasteiger partial charge in [0.2, 0.25) is 0 Å². The minimum absolute atomic E-state index is 0.153. The Kier molecular flexibility index (Phi) is 5.31. The Labute approximate surface area is 163 Å². The maximum Gasteiger partial charge on any atom is 0.410 e. The van der Waals surface area contributed by atoms with Crippen LogP contribution in [0, 0.1) is 0 Å². The summed E-state index contributed by atoms with van der Waals surface area (Å²) in [6.07, 6.45) is -0.365. The Morgan fingerprint density at radius 1 is 1.18 bits per heavy atom. The number of carbonyl (C=O) groups excluding carboxylic acids is 2. The van der Waals surface area contributed by atoms with Crippen molar-refractivity contribution in [2.24, 2.45) is 0 Å². The van der Waals surface area contributed by atoms with Gasteiger partial charge < -0.3 is 24.3 Å². The first-order valence-corrected chi connectivity index (χ1v) is 9.22. The molecule has 0 bridgehead atoms. The predicted octanol–water partition coefficient (Wildman–Crippen LogP) is 3.27. The highest BCUT2D eigenvalue weighted by atomic mass is 16.6. The number of amides is 3. The molecule has 0 saturated carbocycles. The molecule has 1 atom stereocenters. The molecule has 8 nitrogen and oxygen atoms in total. The fourth-order valence-corrected chi connectivity index (χ4v) is 3.10. The van der Waals surface area contributed by atoms with Crippen LogP contribution in [0.25, 0.3) is 11.0 Å². The van der Waals surface area contributed by atoms with E-state index in [1.807, 2.05) is 27.7 Å². The summed E-state index contributed by atoms with van der Waals surface area (Å²) < 4.78 is 10.5. The Balaban J connectivity index is 1.63. The van der Waals surface area contributed by atoms with Gasteiger partial charge in [0.15, 0.2) is 0 Å². The molecule has 1 saturated heterocycles. The number of rotatable bonds is 1. The Hall–Kier alpha value is -3.03. The summed E-state index contributed by atoms with van der Waals surface area (Å²) >= 11 is 0. The van der Waals surface area contributed by atoms with Gasteiger partial charge in [0.1, 0.15) is 11.2 Å². The second-order valence-corrected chi connectivity index (χ2v) is 7.91. The molecule has 1 aromatic carbocycles. The van der Waals surface area contributed by atoms with Gasteiger partial charge in [-0.05, 0) is 52.0 Å². The molecule has 2 aromatic rings. The number of piperazine rings is 1. The number of ether oxygens (including phenoxy) is 1. The summed E-state index contributed by atoms with van der Waals surface area (Å²) in [5.74, 6) is 0. The first-order valence-electron chi connectivity index (χ1n) is 9.22. The van der Waals surface area contributed by atoms with Crippen molar-refractivity contribution < 1.29 is 18.7 Å². The number of benzene rings is 1. The third-order valence-electron chi connectivity index (χ3n) is 4.41. The van der Waals surface area contributed by atoms with Crippen LogP contribution in [-0.2, 0) is 4.74 Å². The zero-order chi connectivity index (χ0) is 20.5. The monoisotopic (exact) mass is 387 g/mol. The molecule has 0 unspecified atom stereocenters. The SMILES string of the molecule is C[C@H]1CN(C(=O)OC(C)(C)C)CCN1C(=O)Nc1ccc2oc(=O)ccc2c1. The first-order chi connectivity index (χ1) is 13.1. The van der Waals surface area contributed by atoms with Gasteiger partial charge in [-0.1, -0.05) is 0 Å². The largest absolute Gasteiger partial charge is 0.444 e. The fraction of sp³-hybridized carbons (Fsp3) is 0.450. The van der Waals surface area contributed by atoms with Crippen molar-refractivity contribution in [1.29, 1.82) is 0 Å². The molecule has 2 heterocycles. The normalized spacial score (nSPS) is 17.5. The second-order valence-electron chi connectivity index (χ2n) is 7.91. The number of nitrogens with one attached hydrogen (secondary N) is 1. The number of anilines is 1. The third-order valence-corrected chi connectivity index (χ3v) is 4.41. The van der Waals surface area contributed by atoms with E-state index in [9.17, 15) is 14.4 Å². The summed E-state index contributed by atoms with van der Waals surface area (Å²) in [6.45, 7) is 8.60. The minimum Gasteiger partial charge on any atom is -0.444 e. The van der Waals surface area contributed by atoms with Crippen molar-refractivity contribution in [2.45, 2.75) is 39.3 Å². The van der Waals surface area contributed by atoms with E-state index in [0.29, 0.717) is 30.9 Å². The van der Waals surface area contributed by atoms with Crippen LogP contribution >= 0.6 is 0 Å². The van der Waals surface area contributed by atoms with Gasteiger partial charge in [-0.3, -0.25) is 0 Å². The molecular formula is C20H25N3O5. The summed E-state index contributed by atoms with van der Waals surface area (Å²) in [5, 5.41) is 3.59. The van der Waals surface area contributed by atoms with Crippen molar-refractivity contribution in [3.8, 4) is 0 Å². The van der Waals surface area contributed by atoms with Crippen LogP contribution in [0.4, 0.5) is 15.3 Å². The van der Waals surface area contributed by atoms with Crippen molar-refractivity contribution >= 4 is 28.8 Å². The van der Waals surface area contributed by atoms with Crippen LogP contribution in [-0.4, -0.2) is 53.2 Å². The van der Waals surface area contributed by atoms with E-state index in [1.165, 1.54) is 6.07 Å². The molecule has 1 N–H and O–H groups in total. The van der Waals surface area contributed by atoms with Crippen molar-refractivity contribution in [3.63, 3.8) is 0 Å². The lowest BCUT2D eigenvalue weighted by Gasteiger charge is -2.40. The Morgan fingerprint density at radius 3 is 2.61 bits per heavy atom. The maximum atomic E-state index is 12.7. The van der Waals surface area contributed by atoms with Gasteiger partial charge in [-0.15, -0.1) is 0 Å². The van der Waals surface area contributed by atoms with E-state index >= 15 is 0 Å². The van der Waals surface area contributed by atoms with Crippen molar-refractivity contribution in [1.82, 2.24) is 9.80 Å². The van der Waals surface area contributed by atoms with E-state index in [0.717, 1.165) is 5.39 Å². The van der Waals surface area contributed by atoms with Crippen LogP contribution in [0.1, 0.15) is 27.7 Å². The highest BCUT2D eigenvalue weighted by Crippen LogP contribution is 2.20. The highest BCUT2D eigenvalue weighted by Gasteiger charge is 2.32. The van der Waals surface area contributed by atoms with Crippen molar-refractivity contribution in [2.75, 3.05) is 25.0 Å². The molecule has 3 amide bonds. The van der Waals surface area contributed by atoms with Crippen molar-refractivity contribution in [3.05, 3.63) is 40.8 Å². The van der Waals surface area contributed by atoms with Gasteiger partial charge in [0, 0.05) is 42.8 Å². The molecular weight excluding hydrogens is 362 g/mol. The number of nitrogens with zero attached hydrogens (tertiary/aromatic N) is 2. The summed E-state index contributed by atoms with van der Waals surface area (Å²) in [4.78, 5) is 39.5. The van der Waals surface area contributed by atoms with Gasteiger partial charge in [0.25, 0.3) is 0 Å². The van der Waals surface area contributed by atoms with Gasteiger partial charge in [-0.25, -0.2) is 14.4 Å². The van der Waals surface area contributed by atoms with Gasteiger partial charge in [-0.2, -0.15) is 0 Å². The minimum atomic E-state index is -0.552. The molecule has 3 rings (SSSR count). The number of hydrogen-bond donors (Lipinski definition) is 1. The molecule has 1 aliphatic heterocycles. The molecule has 1 aliphatic rings. The highest BCUT2D eigenvalue weighted by molar-refractivity contribution is 5.92. The van der Waals surface area contributed by atoms with E-state index in [-0.39, 0.29) is 18.2 Å². The maximum absolute atomic E-state index is 12.7. The molecule has 1 aromatic heterocycles. The zero-order valence-corrected chi connectivity index (χ0v) is 16.5. The molecule has 150 valence electrons.